The second kappa shape index (κ2) is 8.47. The fourth-order valence-electron chi connectivity index (χ4n) is 3.19. The first-order chi connectivity index (χ1) is 12.1. The largest absolute Gasteiger partial charge is 0.383 e. The molecule has 0 aliphatic heterocycles. The lowest BCUT2D eigenvalue weighted by Crippen LogP contribution is -2.25. The highest BCUT2D eigenvalue weighted by atomic mass is 32.2. The van der Waals surface area contributed by atoms with E-state index in [-0.39, 0.29) is 11.3 Å². The number of rotatable bonds is 8. The maximum Gasteiger partial charge on any atom is 0.263 e. The van der Waals surface area contributed by atoms with Crippen molar-refractivity contribution in [3.63, 3.8) is 0 Å². The monoisotopic (exact) mass is 380 g/mol. The molecule has 7 heteroatoms. The standard InChI is InChI=1S/C18H24N2O3S2/c1-12(21)6-5-11-24-18-19-16-15(17(22)20(18)9-10-23-2)13-7-3-4-8-14(13)25-16/h3-11H2,1-2H3. The Morgan fingerprint density at radius 3 is 2.92 bits per heavy atom. The summed E-state index contributed by atoms with van der Waals surface area (Å²) < 4.78 is 6.94. The molecule has 0 atom stereocenters. The minimum Gasteiger partial charge on any atom is -0.383 e. The molecule has 1 aliphatic rings. The number of methoxy groups -OCH3 is 1. The third-order valence-corrected chi connectivity index (χ3v) is 6.71. The van der Waals surface area contributed by atoms with Crippen LogP contribution in [0.2, 0.25) is 0 Å². The molecule has 5 nitrogen and oxygen atoms in total. The summed E-state index contributed by atoms with van der Waals surface area (Å²) in [5.41, 5.74) is 1.29. The van der Waals surface area contributed by atoms with Crippen molar-refractivity contribution in [3.05, 3.63) is 20.8 Å². The van der Waals surface area contributed by atoms with Crippen molar-refractivity contribution in [2.75, 3.05) is 19.5 Å². The van der Waals surface area contributed by atoms with Crippen molar-refractivity contribution in [1.82, 2.24) is 9.55 Å². The van der Waals surface area contributed by atoms with Crippen LogP contribution in [0, 0.1) is 0 Å². The molecule has 0 aromatic carbocycles. The van der Waals surface area contributed by atoms with E-state index in [1.165, 1.54) is 16.9 Å². The number of thioether (sulfide) groups is 1. The molecule has 0 fully saturated rings. The van der Waals surface area contributed by atoms with Crippen LogP contribution in [-0.2, 0) is 28.9 Å². The normalized spacial score (nSPS) is 14.0. The number of carbonyl (C=O) groups is 1. The Balaban J connectivity index is 1.96. The van der Waals surface area contributed by atoms with Gasteiger partial charge >= 0.3 is 0 Å². The maximum absolute atomic E-state index is 13.1. The number of carbonyl (C=O) groups excluding carboxylic acids is 1. The molecule has 0 radical (unpaired) electrons. The quantitative estimate of drug-likeness (QED) is 0.399. The third kappa shape index (κ3) is 4.15. The van der Waals surface area contributed by atoms with Gasteiger partial charge in [0.1, 0.15) is 10.6 Å². The van der Waals surface area contributed by atoms with E-state index < -0.39 is 0 Å². The Labute approximate surface area is 155 Å². The van der Waals surface area contributed by atoms with Gasteiger partial charge in [0.15, 0.2) is 5.16 Å². The number of nitrogens with zero attached hydrogens (tertiary/aromatic N) is 2. The van der Waals surface area contributed by atoms with E-state index in [2.05, 4.69) is 0 Å². The van der Waals surface area contributed by atoms with Crippen molar-refractivity contribution in [2.24, 2.45) is 0 Å². The lowest BCUT2D eigenvalue weighted by Gasteiger charge is -2.13. The molecule has 0 spiro atoms. The van der Waals surface area contributed by atoms with E-state index in [4.69, 9.17) is 9.72 Å². The van der Waals surface area contributed by atoms with Crippen LogP contribution in [0.4, 0.5) is 0 Å². The molecule has 25 heavy (non-hydrogen) atoms. The van der Waals surface area contributed by atoms with E-state index in [1.54, 1.807) is 41.7 Å². The Hall–Kier alpha value is -1.18. The number of Topliss-reactive ketones (excluding diaryl/α,β-unsaturated/α-hetero) is 1. The van der Waals surface area contributed by atoms with E-state index in [9.17, 15) is 9.59 Å². The Kier molecular flexibility index (Phi) is 6.30. The zero-order valence-corrected chi connectivity index (χ0v) is 16.4. The highest BCUT2D eigenvalue weighted by molar-refractivity contribution is 7.99. The Bertz CT molecular complexity index is 826. The van der Waals surface area contributed by atoms with Crippen LogP contribution in [0.15, 0.2) is 9.95 Å². The van der Waals surface area contributed by atoms with Gasteiger partial charge < -0.3 is 9.53 Å². The first-order valence-electron chi connectivity index (χ1n) is 8.78. The van der Waals surface area contributed by atoms with Gasteiger partial charge in [-0.25, -0.2) is 4.98 Å². The van der Waals surface area contributed by atoms with Crippen molar-refractivity contribution < 1.29 is 9.53 Å². The van der Waals surface area contributed by atoms with Gasteiger partial charge in [0, 0.05) is 24.2 Å². The number of aromatic nitrogens is 2. The van der Waals surface area contributed by atoms with Crippen LogP contribution in [0.5, 0.6) is 0 Å². The van der Waals surface area contributed by atoms with Gasteiger partial charge in [-0.3, -0.25) is 9.36 Å². The molecule has 0 amide bonds. The molecule has 0 N–H and O–H groups in total. The average Bonchev–Trinajstić information content (AvgIpc) is 2.96. The van der Waals surface area contributed by atoms with Gasteiger partial charge in [-0.05, 0) is 44.6 Å². The summed E-state index contributed by atoms with van der Waals surface area (Å²) in [7, 11) is 1.64. The topological polar surface area (TPSA) is 61.2 Å². The molecule has 2 aromatic heterocycles. The molecule has 0 bridgehead atoms. The minimum absolute atomic E-state index is 0.0653. The average molecular weight is 381 g/mol. The van der Waals surface area contributed by atoms with E-state index >= 15 is 0 Å². The molecular formula is C18H24N2O3S2. The van der Waals surface area contributed by atoms with Gasteiger partial charge in [0.05, 0.1) is 18.5 Å². The van der Waals surface area contributed by atoms with Crippen molar-refractivity contribution in [1.29, 1.82) is 0 Å². The van der Waals surface area contributed by atoms with Gasteiger partial charge in [-0.2, -0.15) is 0 Å². The third-order valence-electron chi connectivity index (χ3n) is 4.46. The Morgan fingerprint density at radius 2 is 2.16 bits per heavy atom. The molecule has 136 valence electrons. The lowest BCUT2D eigenvalue weighted by atomic mass is 9.97. The zero-order valence-electron chi connectivity index (χ0n) is 14.8. The van der Waals surface area contributed by atoms with Crippen LogP contribution >= 0.6 is 23.1 Å². The second-order valence-corrected chi connectivity index (χ2v) is 8.53. The number of hydrogen-bond donors (Lipinski definition) is 0. The van der Waals surface area contributed by atoms with Gasteiger partial charge in [-0.1, -0.05) is 11.8 Å². The van der Waals surface area contributed by atoms with E-state index in [0.717, 1.165) is 46.8 Å². The molecule has 0 saturated heterocycles. The van der Waals surface area contributed by atoms with Crippen LogP contribution in [0.1, 0.15) is 43.0 Å². The summed E-state index contributed by atoms with van der Waals surface area (Å²) in [6.45, 7) is 2.61. The SMILES string of the molecule is COCCn1c(SCCCC(C)=O)nc2sc3c(c2c1=O)CCCC3. The number of ether oxygens (including phenoxy) is 1. The lowest BCUT2D eigenvalue weighted by molar-refractivity contribution is -0.117. The molecular weight excluding hydrogens is 356 g/mol. The highest BCUT2D eigenvalue weighted by Gasteiger charge is 2.22. The summed E-state index contributed by atoms with van der Waals surface area (Å²) in [6, 6.07) is 0. The summed E-state index contributed by atoms with van der Waals surface area (Å²) in [5.74, 6) is 0.988. The summed E-state index contributed by atoms with van der Waals surface area (Å²) in [5, 5.41) is 1.57. The predicted molar refractivity (Wildman–Crippen MR) is 103 cm³/mol. The minimum atomic E-state index is 0.0653. The van der Waals surface area contributed by atoms with Crippen LogP contribution in [0.25, 0.3) is 10.2 Å². The molecule has 2 aromatic rings. The van der Waals surface area contributed by atoms with Crippen molar-refractivity contribution in [3.8, 4) is 0 Å². The van der Waals surface area contributed by atoms with Crippen molar-refractivity contribution in [2.45, 2.75) is 57.1 Å². The summed E-state index contributed by atoms with van der Waals surface area (Å²) >= 11 is 3.25. The van der Waals surface area contributed by atoms with E-state index in [1.807, 2.05) is 0 Å². The molecule has 2 heterocycles. The number of fused-ring (bicyclic) bond motifs is 3. The highest BCUT2D eigenvalue weighted by Crippen LogP contribution is 2.34. The van der Waals surface area contributed by atoms with Crippen molar-refractivity contribution >= 4 is 39.1 Å². The summed E-state index contributed by atoms with van der Waals surface area (Å²) in [4.78, 5) is 31.3. The maximum atomic E-state index is 13.1. The fourth-order valence-corrected chi connectivity index (χ4v) is 5.46. The smallest absolute Gasteiger partial charge is 0.263 e. The molecule has 0 unspecified atom stereocenters. The van der Waals surface area contributed by atoms with Gasteiger partial charge in [0.25, 0.3) is 5.56 Å². The molecule has 1 aliphatic carbocycles. The number of aryl methyl sites for hydroxylation is 2. The number of ketones is 1. The second-order valence-electron chi connectivity index (χ2n) is 6.39. The fraction of sp³-hybridized carbons (Fsp3) is 0.611. The van der Waals surface area contributed by atoms with Gasteiger partial charge in [0.2, 0.25) is 0 Å². The zero-order chi connectivity index (χ0) is 17.8. The van der Waals surface area contributed by atoms with Crippen LogP contribution in [0.3, 0.4) is 0 Å². The first kappa shape index (κ1) is 18.6. The number of hydrogen-bond acceptors (Lipinski definition) is 6. The summed E-state index contributed by atoms with van der Waals surface area (Å²) in [6.07, 6.45) is 5.78. The van der Waals surface area contributed by atoms with Gasteiger partial charge in [-0.15, -0.1) is 11.3 Å². The Morgan fingerprint density at radius 1 is 1.36 bits per heavy atom. The van der Waals surface area contributed by atoms with Crippen LogP contribution < -0.4 is 5.56 Å². The molecule has 3 rings (SSSR count). The first-order valence-corrected chi connectivity index (χ1v) is 10.6. The predicted octanol–water partition coefficient (Wildman–Crippen LogP) is 3.44. The molecule has 0 saturated carbocycles. The van der Waals surface area contributed by atoms with E-state index in [0.29, 0.717) is 19.6 Å². The van der Waals surface area contributed by atoms with Crippen LogP contribution in [-0.4, -0.2) is 34.8 Å². The number of thiophene rings is 1.